The van der Waals surface area contributed by atoms with Crippen molar-refractivity contribution < 1.29 is 14.3 Å². The number of benzene rings is 2. The number of carbonyl (C=O) groups excluding carboxylic acids is 1. The largest absolute Gasteiger partial charge is 0.497 e. The van der Waals surface area contributed by atoms with Gasteiger partial charge in [0.25, 0.3) is 0 Å². The van der Waals surface area contributed by atoms with E-state index in [-0.39, 0.29) is 22.9 Å². The number of pyridine rings is 1. The van der Waals surface area contributed by atoms with Gasteiger partial charge in [0, 0.05) is 22.1 Å². The molecule has 8 heteroatoms. The van der Waals surface area contributed by atoms with Crippen molar-refractivity contribution >= 4 is 38.8 Å². The highest BCUT2D eigenvalue weighted by Gasteiger charge is 2.26. The number of fused-ring (bicyclic) bond motifs is 1. The zero-order valence-electron chi connectivity index (χ0n) is 16.8. The van der Waals surface area contributed by atoms with Gasteiger partial charge in [0.2, 0.25) is 5.78 Å². The van der Waals surface area contributed by atoms with Gasteiger partial charge >= 0.3 is 0 Å². The van der Waals surface area contributed by atoms with Crippen molar-refractivity contribution in [3.05, 3.63) is 64.5 Å². The van der Waals surface area contributed by atoms with Crippen LogP contribution in [0.4, 0.5) is 11.5 Å². The third-order valence-corrected chi connectivity index (χ3v) is 6.05. The molecule has 0 saturated carbocycles. The molecule has 4 aromatic rings. The minimum Gasteiger partial charge on any atom is -0.497 e. The van der Waals surface area contributed by atoms with Crippen LogP contribution < -0.4 is 20.9 Å². The van der Waals surface area contributed by atoms with Crippen molar-refractivity contribution in [2.24, 2.45) is 0 Å². The van der Waals surface area contributed by atoms with Gasteiger partial charge in [-0.2, -0.15) is 5.26 Å². The zero-order chi connectivity index (χ0) is 22.1. The number of rotatable bonds is 5. The van der Waals surface area contributed by atoms with Crippen molar-refractivity contribution in [2.45, 2.75) is 0 Å². The first kappa shape index (κ1) is 20.2. The molecule has 0 aliphatic rings. The van der Waals surface area contributed by atoms with Gasteiger partial charge in [-0.1, -0.05) is 18.2 Å². The molecule has 2 aromatic carbocycles. The minimum absolute atomic E-state index is 0.0700. The molecule has 0 radical (unpaired) electrons. The maximum absolute atomic E-state index is 13.2. The maximum Gasteiger partial charge on any atom is 0.205 e. The van der Waals surface area contributed by atoms with E-state index < -0.39 is 0 Å². The number of nitriles is 1. The highest BCUT2D eigenvalue weighted by atomic mass is 32.1. The van der Waals surface area contributed by atoms with E-state index in [9.17, 15) is 10.1 Å². The lowest BCUT2D eigenvalue weighted by Gasteiger charge is -2.13. The van der Waals surface area contributed by atoms with Gasteiger partial charge in [-0.15, -0.1) is 11.3 Å². The molecule has 4 N–H and O–H groups in total. The van der Waals surface area contributed by atoms with E-state index in [1.165, 1.54) is 0 Å². The summed E-state index contributed by atoms with van der Waals surface area (Å²) in [5.74, 6) is 1.03. The number of nitrogens with zero attached hydrogens (tertiary/aromatic N) is 2. The number of nitrogens with two attached hydrogens (primary N) is 2. The summed E-state index contributed by atoms with van der Waals surface area (Å²) < 4.78 is 10.6. The van der Waals surface area contributed by atoms with Crippen LogP contribution in [0.5, 0.6) is 11.5 Å². The van der Waals surface area contributed by atoms with E-state index in [0.717, 1.165) is 11.3 Å². The number of hydrogen-bond donors (Lipinski definition) is 2. The number of para-hydroxylation sites is 1. The number of nitrogen functional groups attached to an aromatic ring is 2. The molecule has 2 heterocycles. The molecule has 0 atom stereocenters. The number of methoxy groups -OCH3 is 2. The lowest BCUT2D eigenvalue weighted by molar-refractivity contribution is 0.104. The van der Waals surface area contributed by atoms with Gasteiger partial charge in [-0.05, 0) is 30.3 Å². The quantitative estimate of drug-likeness (QED) is 0.454. The molecule has 0 bridgehead atoms. The van der Waals surface area contributed by atoms with Crippen LogP contribution in [0, 0.1) is 11.3 Å². The first-order chi connectivity index (χ1) is 15.0. The number of thiophene rings is 1. The molecular weight excluding hydrogens is 412 g/mol. The van der Waals surface area contributed by atoms with Gasteiger partial charge in [-0.3, -0.25) is 4.79 Å². The third kappa shape index (κ3) is 3.31. The molecule has 4 rings (SSSR count). The lowest BCUT2D eigenvalue weighted by atomic mass is 9.96. The topological polar surface area (TPSA) is 124 Å². The van der Waals surface area contributed by atoms with E-state index in [4.69, 9.17) is 20.9 Å². The fourth-order valence-corrected chi connectivity index (χ4v) is 4.52. The summed E-state index contributed by atoms with van der Waals surface area (Å²) in [4.78, 5) is 18.4. The van der Waals surface area contributed by atoms with Gasteiger partial charge in [-0.25, -0.2) is 4.98 Å². The normalized spacial score (nSPS) is 10.6. The molecule has 0 unspecified atom stereocenters. The van der Waals surface area contributed by atoms with Crippen LogP contribution in [0.25, 0.3) is 21.3 Å². The Kier molecular flexibility index (Phi) is 5.19. The molecule has 0 fully saturated rings. The van der Waals surface area contributed by atoms with Crippen LogP contribution in [0.15, 0.2) is 48.5 Å². The Morgan fingerprint density at radius 1 is 1.06 bits per heavy atom. The predicted molar refractivity (Wildman–Crippen MR) is 122 cm³/mol. The molecule has 0 spiro atoms. The van der Waals surface area contributed by atoms with Gasteiger partial charge in [0.1, 0.15) is 38.7 Å². The summed E-state index contributed by atoms with van der Waals surface area (Å²) >= 11 is 1.15. The SMILES string of the molecule is COc1ccc(C(=O)c2sc3nc(N)c(C#N)c(-c4ccccc4OC)c3c2N)cc1. The zero-order valence-corrected chi connectivity index (χ0v) is 17.6. The fourth-order valence-electron chi connectivity index (χ4n) is 3.45. The van der Waals surface area contributed by atoms with Gasteiger partial charge < -0.3 is 20.9 Å². The van der Waals surface area contributed by atoms with E-state index in [1.807, 2.05) is 18.2 Å². The average Bonchev–Trinajstić information content (AvgIpc) is 3.13. The maximum atomic E-state index is 13.2. The Morgan fingerprint density at radius 2 is 1.77 bits per heavy atom. The van der Waals surface area contributed by atoms with Gasteiger partial charge in [0.15, 0.2) is 0 Å². The highest BCUT2D eigenvalue weighted by molar-refractivity contribution is 7.21. The lowest BCUT2D eigenvalue weighted by Crippen LogP contribution is -2.03. The first-order valence-corrected chi connectivity index (χ1v) is 10.1. The summed E-state index contributed by atoms with van der Waals surface area (Å²) in [6.45, 7) is 0. The second kappa shape index (κ2) is 7.97. The second-order valence-corrected chi connectivity index (χ2v) is 7.64. The van der Waals surface area contributed by atoms with Crippen LogP contribution in [0.1, 0.15) is 20.8 Å². The molecular formula is C23H18N4O3S. The Labute approximate surface area is 182 Å². The number of ketones is 1. The van der Waals surface area contributed by atoms with Crippen LogP contribution in [0.3, 0.4) is 0 Å². The minimum atomic E-state index is -0.244. The summed E-state index contributed by atoms with van der Waals surface area (Å²) in [5.41, 5.74) is 14.6. The second-order valence-electron chi connectivity index (χ2n) is 6.64. The van der Waals surface area contributed by atoms with Crippen molar-refractivity contribution in [1.82, 2.24) is 4.98 Å². The Bertz CT molecular complexity index is 1350. The predicted octanol–water partition coefficient (Wildman–Crippen LogP) is 4.25. The molecule has 0 aliphatic heterocycles. The average molecular weight is 430 g/mol. The van der Waals surface area contributed by atoms with Gasteiger partial charge in [0.05, 0.1) is 19.9 Å². The third-order valence-electron chi connectivity index (χ3n) is 4.95. The number of aromatic nitrogens is 1. The fraction of sp³-hybridized carbons (Fsp3) is 0.0870. The number of ether oxygens (including phenoxy) is 2. The van der Waals surface area contributed by atoms with Crippen LogP contribution in [-0.2, 0) is 0 Å². The molecule has 7 nitrogen and oxygen atoms in total. The van der Waals surface area contributed by atoms with E-state index >= 15 is 0 Å². The van der Waals surface area contributed by atoms with E-state index in [0.29, 0.717) is 43.3 Å². The molecule has 0 saturated heterocycles. The number of carbonyl (C=O) groups is 1. The number of hydrogen-bond acceptors (Lipinski definition) is 8. The Morgan fingerprint density at radius 3 is 2.42 bits per heavy atom. The Hall–Kier alpha value is -4.09. The molecule has 0 aliphatic carbocycles. The molecule has 2 aromatic heterocycles. The van der Waals surface area contributed by atoms with E-state index in [2.05, 4.69) is 11.1 Å². The van der Waals surface area contributed by atoms with Crippen LogP contribution in [-0.4, -0.2) is 25.0 Å². The molecule has 31 heavy (non-hydrogen) atoms. The van der Waals surface area contributed by atoms with Crippen molar-refractivity contribution in [3.63, 3.8) is 0 Å². The smallest absolute Gasteiger partial charge is 0.205 e. The highest BCUT2D eigenvalue weighted by Crippen LogP contribution is 2.45. The van der Waals surface area contributed by atoms with Crippen molar-refractivity contribution in [3.8, 4) is 28.7 Å². The molecule has 0 amide bonds. The summed E-state index contributed by atoms with van der Waals surface area (Å²) in [6.07, 6.45) is 0. The monoisotopic (exact) mass is 430 g/mol. The number of anilines is 2. The summed E-state index contributed by atoms with van der Waals surface area (Å²) in [5, 5.41) is 10.3. The van der Waals surface area contributed by atoms with Crippen LogP contribution in [0.2, 0.25) is 0 Å². The standard InChI is InChI=1S/C23H18N4O3S/c1-29-13-9-7-12(8-10-13)20(28)21-19(25)18-17(14-5-3-4-6-16(14)30-2)15(11-24)22(26)27-23(18)31-21/h3-10H,25H2,1-2H3,(H2,26,27). The van der Waals surface area contributed by atoms with Crippen molar-refractivity contribution in [2.75, 3.05) is 25.7 Å². The van der Waals surface area contributed by atoms with Crippen LogP contribution >= 0.6 is 11.3 Å². The first-order valence-electron chi connectivity index (χ1n) is 9.23. The summed E-state index contributed by atoms with van der Waals surface area (Å²) in [6, 6.07) is 16.1. The molecule has 154 valence electrons. The van der Waals surface area contributed by atoms with Crippen molar-refractivity contribution in [1.29, 1.82) is 5.26 Å². The Balaban J connectivity index is 1.99. The summed E-state index contributed by atoms with van der Waals surface area (Å²) in [7, 11) is 3.10. The van der Waals surface area contributed by atoms with E-state index in [1.54, 1.807) is 44.6 Å².